The molecule has 1 aliphatic heterocycles. The Balaban J connectivity index is 1.93. The molecule has 1 aliphatic rings. The number of piperazine rings is 1. The van der Waals surface area contributed by atoms with Gasteiger partial charge in [-0.05, 0) is 44.7 Å². The zero-order valence-corrected chi connectivity index (χ0v) is 17.0. The molecule has 1 N–H and O–H groups in total. The van der Waals surface area contributed by atoms with E-state index in [-0.39, 0.29) is 10.6 Å². The minimum Gasteiger partial charge on any atom is -0.363 e. The molecule has 3 rings (SSSR count). The molecule has 0 radical (unpaired) electrons. The molecule has 0 amide bonds. The molecule has 28 heavy (non-hydrogen) atoms. The number of anilines is 2. The Morgan fingerprint density at radius 1 is 1.04 bits per heavy atom. The summed E-state index contributed by atoms with van der Waals surface area (Å²) >= 11 is 0. The summed E-state index contributed by atoms with van der Waals surface area (Å²) in [4.78, 5) is 15.0. The maximum absolute atomic E-state index is 12.8. The van der Waals surface area contributed by atoms with Crippen molar-refractivity contribution in [1.29, 1.82) is 0 Å². The van der Waals surface area contributed by atoms with E-state index in [0.717, 1.165) is 30.3 Å². The first kappa shape index (κ1) is 20.1. The molecule has 2 aromatic rings. The molecule has 9 heteroatoms. The number of nitrogens with zero attached hydrogens (tertiary/aromatic N) is 3. The van der Waals surface area contributed by atoms with E-state index in [1.54, 1.807) is 6.07 Å². The van der Waals surface area contributed by atoms with E-state index in [4.69, 9.17) is 0 Å². The Labute approximate surface area is 165 Å². The van der Waals surface area contributed by atoms with Crippen molar-refractivity contribution in [3.63, 3.8) is 0 Å². The highest BCUT2D eigenvalue weighted by Crippen LogP contribution is 2.32. The molecule has 1 heterocycles. The Kier molecular flexibility index (Phi) is 5.57. The Morgan fingerprint density at radius 2 is 1.71 bits per heavy atom. The van der Waals surface area contributed by atoms with Crippen molar-refractivity contribution >= 4 is 27.1 Å². The zero-order valence-electron chi connectivity index (χ0n) is 16.2. The quantitative estimate of drug-likeness (QED) is 0.608. The number of hydrogen-bond acceptors (Lipinski definition) is 6. The number of benzene rings is 2. The lowest BCUT2D eigenvalue weighted by atomic mass is 10.1. The largest absolute Gasteiger partial charge is 0.363 e. The second kappa shape index (κ2) is 7.76. The molecule has 0 aliphatic carbocycles. The van der Waals surface area contributed by atoms with Gasteiger partial charge >= 0.3 is 0 Å². The summed E-state index contributed by atoms with van der Waals surface area (Å²) in [5.41, 5.74) is 2.51. The lowest BCUT2D eigenvalue weighted by Crippen LogP contribution is -2.44. The highest BCUT2D eigenvalue weighted by Gasteiger charge is 2.26. The first-order valence-electron chi connectivity index (χ1n) is 8.99. The fourth-order valence-corrected chi connectivity index (χ4v) is 4.41. The predicted octanol–water partition coefficient (Wildman–Crippen LogP) is 2.76. The van der Waals surface area contributed by atoms with Crippen molar-refractivity contribution in [2.45, 2.75) is 18.7 Å². The highest BCUT2D eigenvalue weighted by atomic mass is 32.2. The monoisotopic (exact) mass is 404 g/mol. The summed E-state index contributed by atoms with van der Waals surface area (Å²) in [5, 5.41) is 11.6. The fraction of sp³-hybridized carbons (Fsp3) is 0.368. The van der Waals surface area contributed by atoms with Gasteiger partial charge in [-0.2, -0.15) is 0 Å². The van der Waals surface area contributed by atoms with Crippen molar-refractivity contribution in [2.75, 3.05) is 42.8 Å². The molecular formula is C19H24N4O4S. The summed E-state index contributed by atoms with van der Waals surface area (Å²) in [6, 6.07) is 9.46. The molecule has 150 valence electrons. The van der Waals surface area contributed by atoms with Crippen molar-refractivity contribution in [3.05, 3.63) is 57.6 Å². The van der Waals surface area contributed by atoms with Crippen molar-refractivity contribution in [2.24, 2.45) is 0 Å². The maximum atomic E-state index is 12.8. The molecule has 0 bridgehead atoms. The van der Waals surface area contributed by atoms with Crippen LogP contribution < -0.4 is 9.62 Å². The van der Waals surface area contributed by atoms with E-state index in [0.29, 0.717) is 24.5 Å². The summed E-state index contributed by atoms with van der Waals surface area (Å²) < 4.78 is 28.1. The van der Waals surface area contributed by atoms with E-state index in [1.807, 2.05) is 37.9 Å². The average Bonchev–Trinajstić information content (AvgIpc) is 2.64. The Bertz CT molecular complexity index is 999. The van der Waals surface area contributed by atoms with Gasteiger partial charge in [-0.25, -0.2) is 8.42 Å². The van der Waals surface area contributed by atoms with Gasteiger partial charge in [-0.15, -0.1) is 0 Å². The third-order valence-electron chi connectivity index (χ3n) is 4.92. The van der Waals surface area contributed by atoms with Crippen molar-refractivity contribution in [1.82, 2.24) is 4.90 Å². The number of hydrogen-bond donors (Lipinski definition) is 1. The summed E-state index contributed by atoms with van der Waals surface area (Å²) in [7, 11) is -1.94. The molecule has 0 saturated carbocycles. The number of likely N-dealkylation sites (N-methyl/N-ethyl adjacent to an activating group) is 1. The number of rotatable bonds is 5. The molecule has 8 nitrogen and oxygen atoms in total. The van der Waals surface area contributed by atoms with Gasteiger partial charge in [0.05, 0.1) is 15.5 Å². The lowest BCUT2D eigenvalue weighted by molar-refractivity contribution is -0.384. The van der Waals surface area contributed by atoms with Gasteiger partial charge in [0.1, 0.15) is 5.69 Å². The van der Waals surface area contributed by atoms with Crippen LogP contribution in [0.1, 0.15) is 11.1 Å². The van der Waals surface area contributed by atoms with Crippen LogP contribution in [0.2, 0.25) is 0 Å². The zero-order chi connectivity index (χ0) is 20.5. The van der Waals surface area contributed by atoms with Crippen LogP contribution in [0.15, 0.2) is 41.3 Å². The van der Waals surface area contributed by atoms with Crippen LogP contribution >= 0.6 is 0 Å². The van der Waals surface area contributed by atoms with Gasteiger partial charge in [-0.3, -0.25) is 14.8 Å². The van der Waals surface area contributed by atoms with Crippen LogP contribution in [0.25, 0.3) is 0 Å². The van der Waals surface area contributed by atoms with E-state index in [1.165, 1.54) is 12.1 Å². The second-order valence-corrected chi connectivity index (χ2v) is 8.80. The molecule has 2 aromatic carbocycles. The molecule has 0 unspecified atom stereocenters. The van der Waals surface area contributed by atoms with E-state index >= 15 is 0 Å². The molecule has 1 fully saturated rings. The van der Waals surface area contributed by atoms with Crippen LogP contribution in [-0.4, -0.2) is 51.5 Å². The summed E-state index contributed by atoms with van der Waals surface area (Å²) in [5.74, 6) is 0. The van der Waals surface area contributed by atoms with Gasteiger partial charge in [0, 0.05) is 32.2 Å². The standard InChI is InChI=1S/C19H24N4O4S/c1-14-4-6-17(15(2)12-14)20-28(26,27)16-5-7-18(19(13-16)23(24)25)22-10-8-21(3)9-11-22/h4-7,12-13,20H,8-11H2,1-3H3. The first-order chi connectivity index (χ1) is 13.2. The smallest absolute Gasteiger partial charge is 0.293 e. The molecule has 0 spiro atoms. The van der Waals surface area contributed by atoms with Gasteiger partial charge in [0.25, 0.3) is 15.7 Å². The lowest BCUT2D eigenvalue weighted by Gasteiger charge is -2.33. The number of nitrogens with one attached hydrogen (secondary N) is 1. The van der Waals surface area contributed by atoms with Crippen LogP contribution in [0.5, 0.6) is 0 Å². The van der Waals surface area contributed by atoms with E-state index in [2.05, 4.69) is 9.62 Å². The molecular weight excluding hydrogens is 380 g/mol. The second-order valence-electron chi connectivity index (χ2n) is 7.12. The Morgan fingerprint density at radius 3 is 2.32 bits per heavy atom. The van der Waals surface area contributed by atoms with Crippen LogP contribution in [0, 0.1) is 24.0 Å². The number of nitro benzene ring substituents is 1. The van der Waals surface area contributed by atoms with Gasteiger partial charge in [-0.1, -0.05) is 17.7 Å². The Hall–Kier alpha value is -2.65. The van der Waals surface area contributed by atoms with Gasteiger partial charge in [0.15, 0.2) is 0 Å². The van der Waals surface area contributed by atoms with Gasteiger partial charge in [0.2, 0.25) is 0 Å². The van der Waals surface area contributed by atoms with Gasteiger partial charge < -0.3 is 9.80 Å². The fourth-order valence-electron chi connectivity index (χ4n) is 3.26. The topological polar surface area (TPSA) is 95.8 Å². The SMILES string of the molecule is Cc1ccc(NS(=O)(=O)c2ccc(N3CCN(C)CC3)c([N+](=O)[O-])c2)c(C)c1. The van der Waals surface area contributed by atoms with E-state index < -0.39 is 14.9 Å². The van der Waals surface area contributed by atoms with Crippen molar-refractivity contribution in [3.8, 4) is 0 Å². The molecule has 1 saturated heterocycles. The third kappa shape index (κ3) is 4.26. The van der Waals surface area contributed by atoms with E-state index in [9.17, 15) is 18.5 Å². The maximum Gasteiger partial charge on any atom is 0.293 e. The summed E-state index contributed by atoms with van der Waals surface area (Å²) in [6.07, 6.45) is 0. The normalized spacial score (nSPS) is 15.5. The minimum absolute atomic E-state index is 0.128. The number of aryl methyl sites for hydroxylation is 2. The van der Waals surface area contributed by atoms with Crippen LogP contribution in [0.3, 0.4) is 0 Å². The average molecular weight is 404 g/mol. The first-order valence-corrected chi connectivity index (χ1v) is 10.5. The summed E-state index contributed by atoms with van der Waals surface area (Å²) in [6.45, 7) is 6.64. The van der Waals surface area contributed by atoms with Crippen LogP contribution in [0.4, 0.5) is 17.1 Å². The highest BCUT2D eigenvalue weighted by molar-refractivity contribution is 7.92. The molecule has 0 atom stereocenters. The molecule has 0 aromatic heterocycles. The number of sulfonamides is 1. The van der Waals surface area contributed by atoms with Crippen molar-refractivity contribution < 1.29 is 13.3 Å². The number of nitro groups is 1. The minimum atomic E-state index is -3.94. The van der Waals surface area contributed by atoms with Crippen LogP contribution in [-0.2, 0) is 10.0 Å². The third-order valence-corrected chi connectivity index (χ3v) is 6.29. The predicted molar refractivity (Wildman–Crippen MR) is 110 cm³/mol.